The number of anilines is 2. The summed E-state index contributed by atoms with van der Waals surface area (Å²) in [5.74, 6) is -1.11. The Labute approximate surface area is 390 Å². The van der Waals surface area contributed by atoms with Gasteiger partial charge in [-0.2, -0.15) is 60.7 Å². The van der Waals surface area contributed by atoms with Gasteiger partial charge in [-0.15, -0.1) is 82.3 Å². The van der Waals surface area contributed by atoms with E-state index in [1.807, 2.05) is 133 Å². The fraction of sp³-hybridized carbons (Fsp3) is 0.125. The van der Waals surface area contributed by atoms with E-state index >= 15 is 0 Å². The molecule has 0 unspecified atom stereocenters. The molecular formula is C48H44Fe2N4O6S2. The average molecular weight is 949 g/mol. The van der Waals surface area contributed by atoms with Gasteiger partial charge in [0.2, 0.25) is 0 Å². The van der Waals surface area contributed by atoms with E-state index in [-0.39, 0.29) is 70.7 Å². The Morgan fingerprint density at radius 3 is 1.18 bits per heavy atom. The second-order valence-corrected chi connectivity index (χ2v) is 14.3. The van der Waals surface area contributed by atoms with E-state index in [2.05, 4.69) is 20.6 Å². The molecule has 0 atom stereocenters. The van der Waals surface area contributed by atoms with Crippen molar-refractivity contribution in [1.29, 1.82) is 0 Å². The standard InChI is InChI=1S/2C19H17N2O3S.2C5H5.2Fe/c2*1-2-24-17(22)11-16-12-25-19(20-16)21-18(23)15-9-7-14(8-10-15)13-5-3-4-6-13;2*1-2-4-5-3-1;;/h2*3-10,12H,2,11H2,1H3,(H,20,21,23);2*1-5H;;/q4*-1;2*+2. The summed E-state index contributed by atoms with van der Waals surface area (Å²) in [7, 11) is 0. The number of thiazole rings is 2. The minimum atomic E-state index is -0.325. The number of rotatable bonds is 12. The van der Waals surface area contributed by atoms with Crippen molar-refractivity contribution in [3.05, 3.63) is 191 Å². The monoisotopic (exact) mass is 948 g/mol. The zero-order chi connectivity index (χ0) is 42.4. The van der Waals surface area contributed by atoms with Crippen molar-refractivity contribution in [3.8, 4) is 22.3 Å². The molecule has 320 valence electrons. The minimum absolute atomic E-state index is 0. The van der Waals surface area contributed by atoms with Crippen molar-refractivity contribution in [2.75, 3.05) is 23.8 Å². The number of carbonyl (C=O) groups excluding carboxylic acids is 4. The predicted octanol–water partition coefficient (Wildman–Crippen LogP) is 10.6. The summed E-state index contributed by atoms with van der Waals surface area (Å²) < 4.78 is 9.77. The Morgan fingerprint density at radius 1 is 0.548 bits per heavy atom. The van der Waals surface area contributed by atoms with Crippen LogP contribution in [0.4, 0.5) is 10.3 Å². The summed E-state index contributed by atoms with van der Waals surface area (Å²) >= 11 is 2.57. The quantitative estimate of drug-likeness (QED) is 0.0702. The maximum Gasteiger partial charge on any atom is 2.00 e. The number of nitrogens with zero attached hydrogens (tertiary/aromatic N) is 2. The molecule has 8 rings (SSSR count). The molecule has 62 heavy (non-hydrogen) atoms. The first-order chi connectivity index (χ1) is 29.3. The van der Waals surface area contributed by atoms with E-state index in [9.17, 15) is 19.2 Å². The van der Waals surface area contributed by atoms with Crippen LogP contribution in [0, 0.1) is 0 Å². The van der Waals surface area contributed by atoms with Crippen molar-refractivity contribution in [2.45, 2.75) is 26.7 Å². The van der Waals surface area contributed by atoms with Gasteiger partial charge in [0, 0.05) is 21.9 Å². The summed E-state index contributed by atoms with van der Waals surface area (Å²) in [5.41, 5.74) is 6.65. The molecule has 0 bridgehead atoms. The van der Waals surface area contributed by atoms with Gasteiger partial charge in [0.1, 0.15) is 0 Å². The van der Waals surface area contributed by atoms with Crippen LogP contribution in [0.5, 0.6) is 0 Å². The van der Waals surface area contributed by atoms with Crippen molar-refractivity contribution < 1.29 is 62.8 Å². The number of nitrogens with one attached hydrogen (secondary N) is 2. The molecule has 0 saturated heterocycles. The number of amides is 2. The summed E-state index contributed by atoms with van der Waals surface area (Å²) in [6, 6.07) is 50.8. The van der Waals surface area contributed by atoms with Crippen LogP contribution >= 0.6 is 22.7 Å². The summed E-state index contributed by atoms with van der Waals surface area (Å²) in [5, 5.41) is 9.92. The third-order valence-electron chi connectivity index (χ3n) is 8.20. The molecule has 0 fully saturated rings. The van der Waals surface area contributed by atoms with Crippen molar-refractivity contribution in [3.63, 3.8) is 0 Å². The Hall–Kier alpha value is -5.98. The molecule has 0 saturated carbocycles. The van der Waals surface area contributed by atoms with Gasteiger partial charge in [-0.05, 0) is 13.8 Å². The molecule has 8 aromatic rings. The molecule has 2 aromatic heterocycles. The summed E-state index contributed by atoms with van der Waals surface area (Å²) in [4.78, 5) is 56.0. The van der Waals surface area contributed by atoms with Crippen molar-refractivity contribution in [2.24, 2.45) is 0 Å². The van der Waals surface area contributed by atoms with Crippen LogP contribution in [0.1, 0.15) is 46.0 Å². The fourth-order valence-electron chi connectivity index (χ4n) is 5.35. The van der Waals surface area contributed by atoms with E-state index < -0.39 is 0 Å². The molecular weight excluding hydrogens is 904 g/mol. The average Bonchev–Trinajstić information content (AvgIpc) is 4.10. The first-order valence-corrected chi connectivity index (χ1v) is 20.9. The van der Waals surface area contributed by atoms with E-state index in [1.165, 1.54) is 22.7 Å². The van der Waals surface area contributed by atoms with Gasteiger partial charge < -0.3 is 9.47 Å². The maximum absolute atomic E-state index is 12.3. The number of benzene rings is 2. The number of ether oxygens (including phenoxy) is 2. The second kappa shape index (κ2) is 27.8. The Bertz CT molecular complexity index is 2220. The van der Waals surface area contributed by atoms with Crippen LogP contribution in [-0.2, 0) is 66.0 Å². The Kier molecular flexibility index (Phi) is 22.6. The third kappa shape index (κ3) is 17.2. The molecule has 0 radical (unpaired) electrons. The van der Waals surface area contributed by atoms with E-state index in [0.717, 1.165) is 22.3 Å². The molecule has 2 amide bonds. The van der Waals surface area contributed by atoms with Crippen molar-refractivity contribution in [1.82, 2.24) is 9.97 Å². The van der Waals surface area contributed by atoms with Gasteiger partial charge in [-0.25, -0.2) is 34.2 Å². The normalized spacial score (nSPS) is 9.71. The molecule has 10 nitrogen and oxygen atoms in total. The topological polar surface area (TPSA) is 137 Å². The Balaban J connectivity index is 0.000000262. The molecule has 0 aliphatic heterocycles. The van der Waals surface area contributed by atoms with Crippen LogP contribution in [0.3, 0.4) is 0 Å². The third-order valence-corrected chi connectivity index (χ3v) is 9.82. The van der Waals surface area contributed by atoms with E-state index in [4.69, 9.17) is 9.47 Å². The predicted molar refractivity (Wildman–Crippen MR) is 240 cm³/mol. The molecule has 6 aromatic carbocycles. The first kappa shape index (κ1) is 50.4. The van der Waals surface area contributed by atoms with Gasteiger partial charge in [-0.3, -0.25) is 29.8 Å². The number of aromatic nitrogens is 2. The van der Waals surface area contributed by atoms with Gasteiger partial charge in [0.25, 0.3) is 11.8 Å². The Morgan fingerprint density at radius 2 is 0.887 bits per heavy atom. The van der Waals surface area contributed by atoms with Gasteiger partial charge >= 0.3 is 46.1 Å². The SMILES string of the molecule is CCOC(=O)Cc1csc(NC(=O)c2ccc(-[c-]3cccc3)cc2)n1.CCOC(=O)Cc1csc(NC(=O)c2ccc(-[c-]3cccc3)cc2)n1.[Fe+2].[Fe+2].c1cc[cH-]c1.c1cc[cH-]c1. The maximum atomic E-state index is 12.3. The van der Waals surface area contributed by atoms with E-state index in [1.54, 1.807) is 48.9 Å². The van der Waals surface area contributed by atoms with Crippen LogP contribution in [0.2, 0.25) is 0 Å². The van der Waals surface area contributed by atoms with Crippen LogP contribution in [-0.4, -0.2) is 46.9 Å². The van der Waals surface area contributed by atoms with Crippen LogP contribution in [0.15, 0.2) is 168 Å². The molecule has 0 aliphatic carbocycles. The number of hydrogen-bond donors (Lipinski definition) is 2. The minimum Gasteiger partial charge on any atom is -0.466 e. The molecule has 2 N–H and O–H groups in total. The number of hydrogen-bond acceptors (Lipinski definition) is 10. The zero-order valence-corrected chi connectivity index (χ0v) is 37.7. The van der Waals surface area contributed by atoms with E-state index in [0.29, 0.717) is 46.0 Å². The van der Waals surface area contributed by atoms with Crippen LogP contribution in [0.25, 0.3) is 22.3 Å². The van der Waals surface area contributed by atoms with Crippen LogP contribution < -0.4 is 10.6 Å². The van der Waals surface area contributed by atoms with Gasteiger partial charge in [-0.1, -0.05) is 35.4 Å². The molecule has 0 aliphatic rings. The largest absolute Gasteiger partial charge is 2.00 e. The molecule has 14 heteroatoms. The van der Waals surface area contributed by atoms with Crippen molar-refractivity contribution >= 4 is 56.7 Å². The summed E-state index contributed by atoms with van der Waals surface area (Å²) in [6.07, 6.45) is 0.211. The first-order valence-electron chi connectivity index (χ1n) is 19.1. The van der Waals surface area contributed by atoms with Gasteiger partial charge in [0.05, 0.1) is 37.4 Å². The summed E-state index contributed by atoms with van der Waals surface area (Å²) in [6.45, 7) is 4.20. The second-order valence-electron chi connectivity index (χ2n) is 12.6. The zero-order valence-electron chi connectivity index (χ0n) is 33.9. The number of carbonyl (C=O) groups is 4. The number of esters is 2. The fourth-order valence-corrected chi connectivity index (χ4v) is 6.76. The molecule has 0 spiro atoms. The van der Waals surface area contributed by atoms with Gasteiger partial charge in [0.15, 0.2) is 10.3 Å². The smallest absolute Gasteiger partial charge is 0.466 e. The molecule has 2 heterocycles.